The van der Waals surface area contributed by atoms with Gasteiger partial charge in [0.1, 0.15) is 0 Å². The monoisotopic (exact) mass is 714 g/mol. The van der Waals surface area contributed by atoms with E-state index in [9.17, 15) is 0 Å². The molecule has 0 N–H and O–H groups in total. The average Bonchev–Trinajstić information content (AvgIpc) is 1.54. The minimum Gasteiger partial charge on any atom is 2.00 e. The van der Waals surface area contributed by atoms with Crippen LogP contribution in [0.15, 0.2) is 0 Å². The Hall–Kier alpha value is 5.35. The summed E-state index contributed by atoms with van der Waals surface area (Å²) in [6.45, 7) is 0. The molecule has 9 nitrogen and oxygen atoms in total. The zero-order chi connectivity index (χ0) is 10.7. The van der Waals surface area contributed by atoms with Crippen molar-refractivity contribution in [3.05, 3.63) is 0 Å². The van der Waals surface area contributed by atoms with Gasteiger partial charge in [0.2, 0.25) is 0 Å². The maximum absolute atomic E-state index is 8.61. The Labute approximate surface area is 203 Å². The normalized spacial score (nSPS) is 5.20. The quantitative estimate of drug-likeness (QED) is 0.220. The molecule has 0 heterocycles. The van der Waals surface area contributed by atoms with Gasteiger partial charge in [0.05, 0.1) is 0 Å². The van der Waals surface area contributed by atoms with Crippen LogP contribution in [-0.2, 0) is 69.3 Å². The molecule has 0 aliphatic rings. The van der Waals surface area contributed by atoms with Crippen LogP contribution in [0.3, 0.4) is 0 Å². The summed E-state index contributed by atoms with van der Waals surface area (Å²) < 4.78 is 77.3. The fraction of sp³-hybridized carbons (Fsp3) is 0. The summed E-state index contributed by atoms with van der Waals surface area (Å²) in [5.41, 5.74) is 0. The molecule has 0 atom stereocenters. The molecule has 0 bridgehead atoms. The zero-order valence-corrected chi connectivity index (χ0v) is 23.5. The van der Waals surface area contributed by atoms with Gasteiger partial charge in [0.15, 0.2) is 0 Å². The van der Waals surface area contributed by atoms with Crippen LogP contribution < -0.4 is 21.1 Å². The van der Waals surface area contributed by atoms with Crippen LogP contribution in [-0.4, -0.2) is 118 Å². The Morgan fingerprint density at radius 3 is 0.800 bits per heavy atom. The molecule has 0 rings (SSSR count). The van der Waals surface area contributed by atoms with Gasteiger partial charge in [-0.15, -0.1) is 0 Å². The molecule has 0 spiro atoms. The van der Waals surface area contributed by atoms with E-state index in [1.807, 2.05) is 0 Å². The smallest absolute Gasteiger partial charge is 2.00 e. The second kappa shape index (κ2) is 31.6. The van der Waals surface area contributed by atoms with E-state index in [1.54, 1.807) is 0 Å². The first kappa shape index (κ1) is 37.0. The van der Waals surface area contributed by atoms with Crippen LogP contribution in [0.5, 0.6) is 0 Å². The average molecular weight is 713 g/mol. The first-order valence-corrected chi connectivity index (χ1v) is 8.67. The summed E-state index contributed by atoms with van der Waals surface area (Å²) in [4.78, 5) is 0. The second-order valence-electron chi connectivity index (χ2n) is 0.750. The predicted molar refractivity (Wildman–Crippen MR) is 19.3 cm³/mol. The Kier molecular flexibility index (Phi) is 78.1. The first-order valence-electron chi connectivity index (χ1n) is 1.84. The largest absolute Gasteiger partial charge is 2.00 e. The summed E-state index contributed by atoms with van der Waals surface area (Å²) >= 11 is -12.5. The minimum absolute atomic E-state index is 0. The maximum atomic E-state index is 8.61. The van der Waals surface area contributed by atoms with Crippen molar-refractivity contribution in [3.8, 4) is 0 Å². The third kappa shape index (κ3) is 203. The van der Waals surface area contributed by atoms with E-state index in [4.69, 9.17) is 30.6 Å². The molecule has 74 valence electrons. The summed E-state index contributed by atoms with van der Waals surface area (Å²) in [6.07, 6.45) is 0. The van der Waals surface area contributed by atoms with E-state index in [1.165, 1.54) is 0 Å². The zero-order valence-electron chi connectivity index (χ0n) is 7.09. The summed E-state index contributed by atoms with van der Waals surface area (Å²) in [5.74, 6) is 0. The minimum atomic E-state index is -4.29. The van der Waals surface area contributed by atoms with Gasteiger partial charge in [0.25, 0.3) is 0 Å². The molecule has 15 heavy (non-hydrogen) atoms. The molecule has 0 unspecified atom stereocenters. The molecule has 0 aromatic rings. The van der Waals surface area contributed by atoms with Crippen molar-refractivity contribution in [2.75, 3.05) is 0 Å². The van der Waals surface area contributed by atoms with Gasteiger partial charge in [-0.25, -0.2) is 0 Å². The molecule has 0 amide bonds. The molecule has 0 aliphatic carbocycles. The molecular weight excluding hydrogens is 713 g/mol. The van der Waals surface area contributed by atoms with Gasteiger partial charge in [-0.3, -0.25) is 0 Å². The van der Waals surface area contributed by atoms with Crippen molar-refractivity contribution >= 4 is 118 Å². The van der Waals surface area contributed by atoms with Crippen molar-refractivity contribution in [2.45, 2.75) is 0 Å². The molecule has 0 saturated heterocycles. The Morgan fingerprint density at radius 2 is 0.800 bits per heavy atom. The topological polar surface area (TPSA) is 190 Å². The van der Waals surface area contributed by atoms with E-state index in [2.05, 4.69) is 0 Å². The van der Waals surface area contributed by atoms with Crippen molar-refractivity contribution in [3.63, 3.8) is 0 Å². The third-order valence-corrected chi connectivity index (χ3v) is 0. The van der Waals surface area contributed by atoms with E-state index in [0.29, 0.717) is 0 Å². The Bertz CT molecular complexity index is 124. The molecule has 2 radical (unpaired) electrons. The Balaban J connectivity index is -0.0000000184. The predicted octanol–water partition coefficient (Wildman–Crippen LogP) is -8.64. The molecule has 0 fully saturated rings. The molecule has 0 aliphatic heterocycles. The van der Waals surface area contributed by atoms with Crippen molar-refractivity contribution < 1.29 is 90.4 Å². The second-order valence-corrected chi connectivity index (χ2v) is 3.54. The SMILES string of the molecule is [O]=[Ti]([O-])[O-].[O]=[Ti]([O-])[O-].[O]=[Zr]([O-])[O-].[Pb+2].[Sr+2].[Sr+2]. The van der Waals surface area contributed by atoms with Crippen molar-refractivity contribution in [1.82, 2.24) is 0 Å². The maximum Gasteiger partial charge on any atom is 2.00 e. The number of rotatable bonds is 0. The van der Waals surface area contributed by atoms with E-state index in [0.717, 1.165) is 0 Å². The molecule has 0 aromatic heterocycles. The fourth-order valence-corrected chi connectivity index (χ4v) is 0. The van der Waals surface area contributed by atoms with Gasteiger partial charge in [-0.1, -0.05) is 0 Å². The van der Waals surface area contributed by atoms with Gasteiger partial charge in [-0.05, 0) is 0 Å². The molecule has 15 heteroatoms. The van der Waals surface area contributed by atoms with Crippen LogP contribution in [0.4, 0.5) is 0 Å². The van der Waals surface area contributed by atoms with E-state index in [-0.39, 0.29) is 118 Å². The summed E-state index contributed by atoms with van der Waals surface area (Å²) in [6, 6.07) is 0. The molecule has 0 aromatic carbocycles. The summed E-state index contributed by atoms with van der Waals surface area (Å²) in [7, 11) is 0. The first-order chi connectivity index (χ1) is 5.20. The fourth-order valence-electron chi connectivity index (χ4n) is 0. The van der Waals surface area contributed by atoms with Crippen LogP contribution in [0, 0.1) is 0 Å². The van der Waals surface area contributed by atoms with Gasteiger partial charge >= 0.3 is 209 Å². The third-order valence-electron chi connectivity index (χ3n) is 0. The molecule has 0 saturated carbocycles. The van der Waals surface area contributed by atoms with Crippen LogP contribution in [0.2, 0.25) is 0 Å². The van der Waals surface area contributed by atoms with Gasteiger partial charge < -0.3 is 0 Å². The number of hydrogen-bond donors (Lipinski definition) is 0. The van der Waals surface area contributed by atoms with E-state index < -0.39 is 59.9 Å². The van der Waals surface area contributed by atoms with Crippen LogP contribution in [0.25, 0.3) is 0 Å². The van der Waals surface area contributed by atoms with Crippen molar-refractivity contribution in [2.24, 2.45) is 0 Å². The van der Waals surface area contributed by atoms with Gasteiger partial charge in [-0.2, -0.15) is 0 Å². The van der Waals surface area contributed by atoms with E-state index >= 15 is 0 Å². The van der Waals surface area contributed by atoms with Gasteiger partial charge in [0, 0.05) is 0 Å². The van der Waals surface area contributed by atoms with Crippen LogP contribution in [0.1, 0.15) is 0 Å². The van der Waals surface area contributed by atoms with Crippen LogP contribution >= 0.6 is 0 Å². The van der Waals surface area contributed by atoms with Crippen molar-refractivity contribution in [1.29, 1.82) is 0 Å². The Morgan fingerprint density at radius 1 is 0.800 bits per heavy atom. The summed E-state index contributed by atoms with van der Waals surface area (Å²) in [5, 5.41) is 0. The number of hydrogen-bond acceptors (Lipinski definition) is 9. The molecular formula is O9PbSr2Ti2Zr. The standard InChI is InChI=1S/9O.Pb.2Sr.2Ti.Zr/q;;;6*-1;3*+2;;;.